The number of anilines is 2. The maximum absolute atomic E-state index is 13.4. The lowest BCUT2D eigenvalue weighted by Crippen LogP contribution is -2.07. The second-order valence-electron chi connectivity index (χ2n) is 4.16. The van der Waals surface area contributed by atoms with Crippen LogP contribution in [-0.2, 0) is 16.0 Å². The van der Waals surface area contributed by atoms with Gasteiger partial charge in [-0.3, -0.25) is 4.79 Å². The Bertz CT molecular complexity index is 613. The standard InChI is InChI=1S/C14H15FN2O2S/c1-3-19-13(18)7-10-8-20-14(16-10)17-12-6-4-5-11(15)9(12)2/h4-6,8H,3,7H2,1-2H3,(H,16,17). The lowest BCUT2D eigenvalue weighted by atomic mass is 10.2. The predicted molar refractivity (Wildman–Crippen MR) is 76.9 cm³/mol. The number of aromatic nitrogens is 1. The van der Waals surface area contributed by atoms with Gasteiger partial charge in [0.2, 0.25) is 0 Å². The molecule has 0 atom stereocenters. The molecule has 106 valence electrons. The molecule has 0 amide bonds. The molecule has 0 saturated carbocycles. The van der Waals surface area contributed by atoms with Crippen molar-refractivity contribution in [2.75, 3.05) is 11.9 Å². The van der Waals surface area contributed by atoms with Crippen molar-refractivity contribution in [3.8, 4) is 0 Å². The van der Waals surface area contributed by atoms with E-state index < -0.39 is 0 Å². The zero-order valence-electron chi connectivity index (χ0n) is 11.3. The van der Waals surface area contributed by atoms with Gasteiger partial charge in [0.1, 0.15) is 5.82 Å². The number of nitrogens with one attached hydrogen (secondary N) is 1. The first-order chi connectivity index (χ1) is 9.60. The predicted octanol–water partition coefficient (Wildman–Crippen LogP) is 3.44. The van der Waals surface area contributed by atoms with Crippen molar-refractivity contribution in [3.05, 3.63) is 40.7 Å². The third-order valence-electron chi connectivity index (χ3n) is 2.69. The van der Waals surface area contributed by atoms with Gasteiger partial charge < -0.3 is 10.1 Å². The molecule has 4 nitrogen and oxygen atoms in total. The molecule has 2 aromatic rings. The molecular formula is C14H15FN2O2S. The highest BCUT2D eigenvalue weighted by Crippen LogP contribution is 2.25. The average molecular weight is 294 g/mol. The Morgan fingerprint density at radius 1 is 1.50 bits per heavy atom. The third-order valence-corrected chi connectivity index (χ3v) is 3.50. The SMILES string of the molecule is CCOC(=O)Cc1csc(Nc2cccc(F)c2C)n1. The number of benzene rings is 1. The van der Waals surface area contributed by atoms with Crippen LogP contribution >= 0.6 is 11.3 Å². The number of halogens is 1. The molecular weight excluding hydrogens is 279 g/mol. The molecule has 0 unspecified atom stereocenters. The lowest BCUT2D eigenvalue weighted by Gasteiger charge is -2.06. The first-order valence-electron chi connectivity index (χ1n) is 6.22. The highest BCUT2D eigenvalue weighted by atomic mass is 32.1. The number of hydrogen-bond acceptors (Lipinski definition) is 5. The first-order valence-corrected chi connectivity index (χ1v) is 7.10. The second-order valence-corrected chi connectivity index (χ2v) is 5.02. The minimum atomic E-state index is -0.300. The molecule has 1 aromatic carbocycles. The largest absolute Gasteiger partial charge is 0.466 e. The van der Waals surface area contributed by atoms with Gasteiger partial charge in [-0.05, 0) is 26.0 Å². The maximum atomic E-state index is 13.4. The molecule has 0 radical (unpaired) electrons. The fourth-order valence-electron chi connectivity index (χ4n) is 1.66. The summed E-state index contributed by atoms with van der Waals surface area (Å²) in [6.07, 6.45) is 0.147. The van der Waals surface area contributed by atoms with Gasteiger partial charge in [-0.25, -0.2) is 9.37 Å². The van der Waals surface area contributed by atoms with E-state index in [0.29, 0.717) is 28.7 Å². The summed E-state index contributed by atoms with van der Waals surface area (Å²) in [7, 11) is 0. The molecule has 1 N–H and O–H groups in total. The van der Waals surface area contributed by atoms with Crippen molar-refractivity contribution in [3.63, 3.8) is 0 Å². The van der Waals surface area contributed by atoms with Crippen LogP contribution in [0.25, 0.3) is 0 Å². The quantitative estimate of drug-likeness (QED) is 0.858. The van der Waals surface area contributed by atoms with Crippen LogP contribution in [0.3, 0.4) is 0 Å². The summed E-state index contributed by atoms with van der Waals surface area (Å²) in [5.74, 6) is -0.565. The molecule has 0 fully saturated rings. The smallest absolute Gasteiger partial charge is 0.311 e. The van der Waals surface area contributed by atoms with Crippen LogP contribution in [0.15, 0.2) is 23.6 Å². The van der Waals surface area contributed by atoms with E-state index in [1.165, 1.54) is 17.4 Å². The van der Waals surface area contributed by atoms with E-state index >= 15 is 0 Å². The Morgan fingerprint density at radius 3 is 3.05 bits per heavy atom. The van der Waals surface area contributed by atoms with Crippen LogP contribution in [0.5, 0.6) is 0 Å². The number of nitrogens with zero attached hydrogens (tertiary/aromatic N) is 1. The van der Waals surface area contributed by atoms with Crippen molar-refractivity contribution in [2.24, 2.45) is 0 Å². The number of ether oxygens (including phenoxy) is 1. The molecule has 0 saturated heterocycles. The van der Waals surface area contributed by atoms with E-state index in [1.54, 1.807) is 31.4 Å². The van der Waals surface area contributed by atoms with Crippen LogP contribution in [0.4, 0.5) is 15.2 Å². The van der Waals surface area contributed by atoms with Gasteiger partial charge in [0.15, 0.2) is 5.13 Å². The summed E-state index contributed by atoms with van der Waals surface area (Å²) in [4.78, 5) is 15.6. The Balaban J connectivity index is 2.06. The molecule has 0 bridgehead atoms. The van der Waals surface area contributed by atoms with Gasteiger partial charge in [-0.15, -0.1) is 11.3 Å². The second kappa shape index (κ2) is 6.47. The maximum Gasteiger partial charge on any atom is 0.311 e. The summed E-state index contributed by atoms with van der Waals surface area (Å²) in [5, 5.41) is 5.46. The van der Waals surface area contributed by atoms with Crippen LogP contribution in [0.1, 0.15) is 18.2 Å². The fourth-order valence-corrected chi connectivity index (χ4v) is 2.39. The molecule has 1 aromatic heterocycles. The highest BCUT2D eigenvalue weighted by Gasteiger charge is 2.10. The summed E-state index contributed by atoms with van der Waals surface area (Å²) in [5.41, 5.74) is 1.85. The molecule has 0 aliphatic rings. The molecule has 2 rings (SSSR count). The Labute approximate surface area is 120 Å². The highest BCUT2D eigenvalue weighted by molar-refractivity contribution is 7.13. The number of hydrogen-bond donors (Lipinski definition) is 1. The van der Waals surface area contributed by atoms with E-state index in [-0.39, 0.29) is 18.2 Å². The van der Waals surface area contributed by atoms with Crippen molar-refractivity contribution in [1.82, 2.24) is 4.98 Å². The minimum absolute atomic E-state index is 0.147. The number of rotatable bonds is 5. The van der Waals surface area contributed by atoms with Gasteiger partial charge in [0, 0.05) is 16.6 Å². The van der Waals surface area contributed by atoms with Crippen LogP contribution in [0.2, 0.25) is 0 Å². The molecule has 1 heterocycles. The zero-order valence-corrected chi connectivity index (χ0v) is 12.1. The van der Waals surface area contributed by atoms with E-state index in [1.807, 2.05) is 0 Å². The molecule has 0 aliphatic carbocycles. The van der Waals surface area contributed by atoms with Crippen molar-refractivity contribution < 1.29 is 13.9 Å². The number of carbonyl (C=O) groups excluding carboxylic acids is 1. The number of thiazole rings is 1. The van der Waals surface area contributed by atoms with Crippen molar-refractivity contribution in [1.29, 1.82) is 0 Å². The fraction of sp³-hybridized carbons (Fsp3) is 0.286. The summed E-state index contributed by atoms with van der Waals surface area (Å²) in [6.45, 7) is 3.82. The minimum Gasteiger partial charge on any atom is -0.466 e. The van der Waals surface area contributed by atoms with E-state index in [2.05, 4.69) is 10.3 Å². The average Bonchev–Trinajstić information content (AvgIpc) is 2.82. The Kier molecular flexibility index (Phi) is 4.68. The number of esters is 1. The van der Waals surface area contributed by atoms with Gasteiger partial charge in [-0.1, -0.05) is 6.07 Å². The first kappa shape index (κ1) is 14.5. The Morgan fingerprint density at radius 2 is 2.30 bits per heavy atom. The third kappa shape index (κ3) is 3.54. The van der Waals surface area contributed by atoms with E-state index in [4.69, 9.17) is 4.74 Å². The van der Waals surface area contributed by atoms with Gasteiger partial charge in [0.05, 0.1) is 18.7 Å². The van der Waals surface area contributed by atoms with Crippen molar-refractivity contribution >= 4 is 28.1 Å². The van der Waals surface area contributed by atoms with E-state index in [0.717, 1.165) is 0 Å². The van der Waals surface area contributed by atoms with Crippen LogP contribution in [0, 0.1) is 12.7 Å². The van der Waals surface area contributed by atoms with E-state index in [9.17, 15) is 9.18 Å². The van der Waals surface area contributed by atoms with Gasteiger partial charge in [-0.2, -0.15) is 0 Å². The zero-order chi connectivity index (χ0) is 14.5. The lowest BCUT2D eigenvalue weighted by molar-refractivity contribution is -0.142. The monoisotopic (exact) mass is 294 g/mol. The molecule has 6 heteroatoms. The summed E-state index contributed by atoms with van der Waals surface area (Å²) in [6, 6.07) is 4.83. The molecule has 0 aliphatic heterocycles. The Hall–Kier alpha value is -1.95. The van der Waals surface area contributed by atoms with Crippen molar-refractivity contribution in [2.45, 2.75) is 20.3 Å². The van der Waals surface area contributed by atoms with Crippen LogP contribution in [-0.4, -0.2) is 17.6 Å². The topological polar surface area (TPSA) is 51.2 Å². The van der Waals surface area contributed by atoms with Gasteiger partial charge in [0.25, 0.3) is 0 Å². The number of carbonyl (C=O) groups is 1. The summed E-state index contributed by atoms with van der Waals surface area (Å²) < 4.78 is 18.3. The summed E-state index contributed by atoms with van der Waals surface area (Å²) >= 11 is 1.37. The van der Waals surface area contributed by atoms with Gasteiger partial charge >= 0.3 is 5.97 Å². The molecule has 0 spiro atoms. The normalized spacial score (nSPS) is 10.3. The van der Waals surface area contributed by atoms with Crippen LogP contribution < -0.4 is 5.32 Å². The molecule has 20 heavy (non-hydrogen) atoms.